The largest absolute Gasteiger partial charge is 0.741 e. The average molecular weight is 443 g/mol. The summed E-state index contributed by atoms with van der Waals surface area (Å²) >= 11 is 0. The Bertz CT molecular complexity index is 581. The number of nitrogens with zero attached hydrogens (tertiary/aromatic N) is 1. The number of amides is 1. The van der Waals surface area contributed by atoms with Gasteiger partial charge in [-0.05, 0) is 0 Å². The van der Waals surface area contributed by atoms with E-state index in [2.05, 4.69) is 5.84 Å². The van der Waals surface area contributed by atoms with Crippen molar-refractivity contribution in [3.8, 4) is 0 Å². The van der Waals surface area contributed by atoms with Crippen LogP contribution in [-0.4, -0.2) is 52.8 Å². The fourth-order valence-corrected chi connectivity index (χ4v) is 1.24. The highest BCUT2D eigenvalue weighted by atomic mass is 19.4. The molecule has 162 valence electrons. The lowest BCUT2D eigenvalue weighted by atomic mass is 9.91. The lowest BCUT2D eigenvalue weighted by molar-refractivity contribution is -0.449. The molecule has 4 nitrogen and oxygen atoms in total. The van der Waals surface area contributed by atoms with Gasteiger partial charge in [0, 0.05) is 0 Å². The number of carbonyl (C=O) groups excluding carboxylic acids is 1. The molecule has 1 amide bonds. The summed E-state index contributed by atoms with van der Waals surface area (Å²) in [4.78, 5) is 10.4. The molecule has 0 aromatic carbocycles. The molecule has 0 fully saturated rings. The molecule has 0 spiro atoms. The lowest BCUT2D eigenvalue weighted by Gasteiger charge is -2.41. The van der Waals surface area contributed by atoms with Gasteiger partial charge >= 0.3 is 47.6 Å². The summed E-state index contributed by atoms with van der Waals surface area (Å²) in [6, 6.07) is 0. The molecular formula is C8H2F15N2O2-. The first-order chi connectivity index (χ1) is 11.4. The van der Waals surface area contributed by atoms with Crippen molar-refractivity contribution in [1.29, 1.82) is 0 Å². The van der Waals surface area contributed by atoms with Crippen LogP contribution in [0.4, 0.5) is 65.9 Å². The predicted molar refractivity (Wildman–Crippen MR) is 50.1 cm³/mol. The van der Waals surface area contributed by atoms with Gasteiger partial charge in [-0.3, -0.25) is 10.6 Å². The molecular weight excluding hydrogens is 441 g/mol. The molecule has 0 aromatic heterocycles. The van der Waals surface area contributed by atoms with Crippen LogP contribution in [0.15, 0.2) is 0 Å². The normalized spacial score (nSPS) is 15.7. The SMILES string of the molecule is NN([O-])C(=O)C(F)(F)C(F)(F)C(F)(F)C(F)(F)C(F)(F)C(F)(F)C(F)(F)F. The predicted octanol–water partition coefficient (Wildman–Crippen LogP) is 3.56. The second kappa shape index (κ2) is 6.17. The van der Waals surface area contributed by atoms with E-state index in [9.17, 15) is 75.9 Å². The zero-order chi connectivity index (χ0) is 22.7. The van der Waals surface area contributed by atoms with Gasteiger partial charge in [-0.1, -0.05) is 0 Å². The Morgan fingerprint density at radius 1 is 0.593 bits per heavy atom. The minimum absolute atomic E-state index is 2.33. The fourth-order valence-electron chi connectivity index (χ4n) is 1.24. The third-order valence-corrected chi connectivity index (χ3v) is 2.80. The Hall–Kier alpha value is -1.66. The molecule has 0 saturated carbocycles. The van der Waals surface area contributed by atoms with E-state index in [0.29, 0.717) is 0 Å². The number of hydrazine groups is 1. The van der Waals surface area contributed by atoms with Crippen LogP contribution >= 0.6 is 0 Å². The van der Waals surface area contributed by atoms with E-state index in [0.717, 1.165) is 0 Å². The van der Waals surface area contributed by atoms with E-state index in [-0.39, 0.29) is 0 Å². The van der Waals surface area contributed by atoms with Crippen LogP contribution in [0.1, 0.15) is 0 Å². The molecule has 0 aromatic rings. The highest BCUT2D eigenvalue weighted by Gasteiger charge is 2.94. The van der Waals surface area contributed by atoms with Crippen molar-refractivity contribution in [3.63, 3.8) is 0 Å². The first-order valence-corrected chi connectivity index (χ1v) is 5.45. The molecule has 0 rings (SSSR count). The highest BCUT2D eigenvalue weighted by molar-refractivity contribution is 5.84. The maximum absolute atomic E-state index is 13.0. The van der Waals surface area contributed by atoms with E-state index < -0.39 is 52.8 Å². The minimum Gasteiger partial charge on any atom is -0.741 e. The summed E-state index contributed by atoms with van der Waals surface area (Å²) in [5, 5.41) is 7.65. The molecule has 0 radical (unpaired) electrons. The van der Waals surface area contributed by atoms with Crippen LogP contribution in [-0.2, 0) is 4.79 Å². The Kier molecular flexibility index (Phi) is 5.79. The first kappa shape index (κ1) is 25.3. The lowest BCUT2D eigenvalue weighted by Crippen LogP contribution is -2.74. The molecule has 27 heavy (non-hydrogen) atoms. The smallest absolute Gasteiger partial charge is 0.460 e. The van der Waals surface area contributed by atoms with E-state index in [1.807, 2.05) is 0 Å². The van der Waals surface area contributed by atoms with Crippen LogP contribution in [0, 0.1) is 5.21 Å². The van der Waals surface area contributed by atoms with Crippen LogP contribution < -0.4 is 5.84 Å². The summed E-state index contributed by atoms with van der Waals surface area (Å²) < 4.78 is 190. The molecule has 0 saturated heterocycles. The standard InChI is InChI=1S/C8H2F15N2O2/c9-2(10,1(26)25(24)27)3(11,12)4(13,14)5(15,16)6(17,18)7(19,20)8(21,22)23/h24H2/q-1. The number of rotatable bonds is 6. The van der Waals surface area contributed by atoms with Gasteiger partial charge in [-0.15, -0.1) is 0 Å². The zero-order valence-corrected chi connectivity index (χ0v) is 11.5. The van der Waals surface area contributed by atoms with Crippen LogP contribution in [0.3, 0.4) is 0 Å². The number of hydrogen-bond acceptors (Lipinski definition) is 3. The van der Waals surface area contributed by atoms with Gasteiger partial charge in [-0.2, -0.15) is 65.9 Å². The van der Waals surface area contributed by atoms with Crippen molar-refractivity contribution in [2.75, 3.05) is 0 Å². The number of nitrogens with two attached hydrogens (primary N) is 1. The fraction of sp³-hybridized carbons (Fsp3) is 0.875. The molecule has 0 atom stereocenters. The topological polar surface area (TPSA) is 69.4 Å². The van der Waals surface area contributed by atoms with Crippen molar-refractivity contribution < 1.29 is 70.7 Å². The Balaban J connectivity index is 6.60. The number of hydrogen-bond donors (Lipinski definition) is 1. The minimum atomic E-state index is -8.53. The molecule has 0 unspecified atom stereocenters. The Morgan fingerprint density at radius 2 is 0.852 bits per heavy atom. The number of hydroxylamine groups is 1. The third-order valence-electron chi connectivity index (χ3n) is 2.80. The van der Waals surface area contributed by atoms with Crippen molar-refractivity contribution in [2.45, 2.75) is 41.7 Å². The summed E-state index contributed by atoms with van der Waals surface area (Å²) in [7, 11) is 0. The molecule has 0 heterocycles. The van der Waals surface area contributed by atoms with Crippen LogP contribution in [0.2, 0.25) is 0 Å². The van der Waals surface area contributed by atoms with Crippen molar-refractivity contribution in [1.82, 2.24) is 5.17 Å². The summed E-state index contributed by atoms with van der Waals surface area (Å²) in [6.07, 6.45) is -7.73. The van der Waals surface area contributed by atoms with Gasteiger partial charge in [0.05, 0.1) is 0 Å². The molecule has 19 heteroatoms. The van der Waals surface area contributed by atoms with Crippen molar-refractivity contribution in [3.05, 3.63) is 5.21 Å². The van der Waals surface area contributed by atoms with Crippen molar-refractivity contribution in [2.24, 2.45) is 5.84 Å². The first-order valence-electron chi connectivity index (χ1n) is 5.45. The monoisotopic (exact) mass is 443 g/mol. The third kappa shape index (κ3) is 3.13. The summed E-state index contributed by atoms with van der Waals surface area (Å²) in [5.74, 6) is -49.4. The van der Waals surface area contributed by atoms with E-state index in [1.54, 1.807) is 0 Å². The summed E-state index contributed by atoms with van der Waals surface area (Å²) in [6.45, 7) is 0. The second-order valence-corrected chi connectivity index (χ2v) is 4.58. The second-order valence-electron chi connectivity index (χ2n) is 4.58. The molecule has 0 bridgehead atoms. The molecule has 0 aliphatic carbocycles. The van der Waals surface area contributed by atoms with E-state index in [1.165, 1.54) is 0 Å². The molecule has 2 N–H and O–H groups in total. The highest BCUT2D eigenvalue weighted by Crippen LogP contribution is 2.62. The average Bonchev–Trinajstić information content (AvgIpc) is 2.43. The maximum atomic E-state index is 13.0. The molecule has 0 aliphatic heterocycles. The summed E-state index contributed by atoms with van der Waals surface area (Å²) in [5.41, 5.74) is 0. The van der Waals surface area contributed by atoms with Gasteiger partial charge in [0.1, 0.15) is 0 Å². The van der Waals surface area contributed by atoms with Crippen LogP contribution in [0.25, 0.3) is 0 Å². The Morgan fingerprint density at radius 3 is 1.11 bits per heavy atom. The maximum Gasteiger partial charge on any atom is 0.460 e. The Labute approximate surface area is 136 Å². The van der Waals surface area contributed by atoms with Gasteiger partial charge < -0.3 is 10.4 Å². The van der Waals surface area contributed by atoms with Crippen molar-refractivity contribution >= 4 is 5.91 Å². The number of alkyl halides is 15. The number of halogens is 15. The number of carbonyl (C=O) groups is 1. The van der Waals surface area contributed by atoms with E-state index in [4.69, 9.17) is 0 Å². The van der Waals surface area contributed by atoms with Gasteiger partial charge in [0.25, 0.3) is 0 Å². The van der Waals surface area contributed by atoms with Gasteiger partial charge in [0.15, 0.2) is 0 Å². The van der Waals surface area contributed by atoms with E-state index >= 15 is 0 Å². The zero-order valence-electron chi connectivity index (χ0n) is 11.5. The van der Waals surface area contributed by atoms with Gasteiger partial charge in [-0.25, -0.2) is 0 Å². The quantitative estimate of drug-likeness (QED) is 0.296. The van der Waals surface area contributed by atoms with Gasteiger partial charge in [0.2, 0.25) is 0 Å². The van der Waals surface area contributed by atoms with Crippen LogP contribution in [0.5, 0.6) is 0 Å². The molecule has 0 aliphatic rings.